The number of anilines is 1. The standard InChI is InChI=1S/C27H21N5O2S/c1-34-27(33)23-22(18-9-4-2-5-10-18)24(19-11-6-3-7-12-19)31-32-25(23)29-16-21-17-35-26(30-21)20-13-8-14-28-15-20/h2-15,17H,16H2,1H3,(H,29,32). The number of rotatable bonds is 7. The Kier molecular flexibility index (Phi) is 6.54. The van der Waals surface area contributed by atoms with Crippen LogP contribution in [0.15, 0.2) is 90.6 Å². The van der Waals surface area contributed by atoms with Crippen molar-refractivity contribution in [2.75, 3.05) is 12.4 Å². The molecule has 0 amide bonds. The molecule has 0 unspecified atom stereocenters. The van der Waals surface area contributed by atoms with Crippen molar-refractivity contribution in [1.82, 2.24) is 20.2 Å². The van der Waals surface area contributed by atoms with Crippen molar-refractivity contribution >= 4 is 23.1 Å². The maximum atomic E-state index is 13.1. The van der Waals surface area contributed by atoms with Gasteiger partial charge in [0.2, 0.25) is 0 Å². The zero-order chi connectivity index (χ0) is 24.0. The minimum atomic E-state index is -0.493. The number of aromatic nitrogens is 4. The first-order chi connectivity index (χ1) is 17.2. The third-order valence-corrected chi connectivity index (χ3v) is 6.31. The summed E-state index contributed by atoms with van der Waals surface area (Å²) in [6.45, 7) is 0.369. The van der Waals surface area contributed by atoms with Crippen molar-refractivity contribution in [2.24, 2.45) is 0 Å². The van der Waals surface area contributed by atoms with Gasteiger partial charge in [0.25, 0.3) is 0 Å². The Bertz CT molecular complexity index is 1440. The van der Waals surface area contributed by atoms with Gasteiger partial charge < -0.3 is 10.1 Å². The first-order valence-electron chi connectivity index (χ1n) is 10.9. The van der Waals surface area contributed by atoms with Crippen LogP contribution in [0.5, 0.6) is 0 Å². The van der Waals surface area contributed by atoms with E-state index in [1.54, 1.807) is 12.4 Å². The highest BCUT2D eigenvalue weighted by Gasteiger charge is 2.25. The fourth-order valence-electron chi connectivity index (χ4n) is 3.73. The van der Waals surface area contributed by atoms with E-state index in [4.69, 9.17) is 4.74 Å². The van der Waals surface area contributed by atoms with Gasteiger partial charge in [-0.05, 0) is 17.7 Å². The Hall–Kier alpha value is -4.43. The summed E-state index contributed by atoms with van der Waals surface area (Å²) in [6, 6.07) is 23.2. The maximum Gasteiger partial charge on any atom is 0.342 e. The van der Waals surface area contributed by atoms with Crippen LogP contribution in [0.3, 0.4) is 0 Å². The van der Waals surface area contributed by atoms with E-state index in [1.807, 2.05) is 78.2 Å². The first kappa shape index (κ1) is 22.4. The molecule has 0 aliphatic rings. The van der Waals surface area contributed by atoms with Crippen molar-refractivity contribution in [3.63, 3.8) is 0 Å². The van der Waals surface area contributed by atoms with Gasteiger partial charge in [-0.25, -0.2) is 9.78 Å². The summed E-state index contributed by atoms with van der Waals surface area (Å²) in [6.07, 6.45) is 3.52. The number of nitrogens with one attached hydrogen (secondary N) is 1. The zero-order valence-corrected chi connectivity index (χ0v) is 19.7. The van der Waals surface area contributed by atoms with E-state index in [1.165, 1.54) is 18.4 Å². The van der Waals surface area contributed by atoms with Crippen LogP contribution in [0, 0.1) is 0 Å². The molecule has 0 fully saturated rings. The van der Waals surface area contributed by atoms with Crippen LogP contribution >= 0.6 is 11.3 Å². The van der Waals surface area contributed by atoms with Gasteiger partial charge in [-0.3, -0.25) is 4.98 Å². The van der Waals surface area contributed by atoms with Gasteiger partial charge in [-0.15, -0.1) is 21.5 Å². The van der Waals surface area contributed by atoms with E-state index in [0.717, 1.165) is 27.4 Å². The topological polar surface area (TPSA) is 89.9 Å². The largest absolute Gasteiger partial charge is 0.465 e. The lowest BCUT2D eigenvalue weighted by Gasteiger charge is -2.16. The highest BCUT2D eigenvalue weighted by Crippen LogP contribution is 2.36. The van der Waals surface area contributed by atoms with Crippen molar-refractivity contribution in [3.8, 4) is 33.0 Å². The van der Waals surface area contributed by atoms with Crippen molar-refractivity contribution in [1.29, 1.82) is 0 Å². The van der Waals surface area contributed by atoms with Crippen molar-refractivity contribution in [3.05, 3.63) is 102 Å². The Morgan fingerprint density at radius 2 is 1.63 bits per heavy atom. The summed E-state index contributed by atoms with van der Waals surface area (Å²) < 4.78 is 5.18. The first-order valence-corrected chi connectivity index (χ1v) is 11.8. The van der Waals surface area contributed by atoms with Crippen molar-refractivity contribution < 1.29 is 9.53 Å². The normalized spacial score (nSPS) is 10.7. The molecule has 0 saturated heterocycles. The Morgan fingerprint density at radius 1 is 0.914 bits per heavy atom. The van der Waals surface area contributed by atoms with Gasteiger partial charge in [-0.1, -0.05) is 60.7 Å². The lowest BCUT2D eigenvalue weighted by atomic mass is 9.95. The average Bonchev–Trinajstić information content (AvgIpc) is 3.41. The predicted octanol–water partition coefficient (Wildman–Crippen LogP) is 5.73. The second-order valence-electron chi connectivity index (χ2n) is 7.61. The molecule has 3 aromatic heterocycles. The highest BCUT2D eigenvalue weighted by atomic mass is 32.1. The Morgan fingerprint density at radius 3 is 2.31 bits per heavy atom. The summed E-state index contributed by atoms with van der Waals surface area (Å²) in [5.74, 6) is -0.154. The smallest absolute Gasteiger partial charge is 0.342 e. The van der Waals surface area contributed by atoms with E-state index in [9.17, 15) is 4.79 Å². The molecule has 5 rings (SSSR count). The van der Waals surface area contributed by atoms with E-state index in [2.05, 4.69) is 25.5 Å². The van der Waals surface area contributed by atoms with E-state index in [-0.39, 0.29) is 0 Å². The lowest BCUT2D eigenvalue weighted by molar-refractivity contribution is 0.0602. The quantitative estimate of drug-likeness (QED) is 0.298. The molecule has 5 aromatic rings. The average molecular weight is 480 g/mol. The molecule has 2 aromatic carbocycles. The number of methoxy groups -OCH3 is 1. The van der Waals surface area contributed by atoms with Crippen LogP contribution in [0.4, 0.5) is 5.82 Å². The number of thiazole rings is 1. The van der Waals surface area contributed by atoms with E-state index in [0.29, 0.717) is 29.2 Å². The molecule has 0 spiro atoms. The third kappa shape index (κ3) is 4.78. The van der Waals surface area contributed by atoms with Gasteiger partial charge in [0.05, 0.1) is 19.3 Å². The van der Waals surface area contributed by atoms with E-state index >= 15 is 0 Å². The number of ether oxygens (including phenoxy) is 1. The lowest BCUT2D eigenvalue weighted by Crippen LogP contribution is -2.14. The number of benzene rings is 2. The fraction of sp³-hybridized carbons (Fsp3) is 0.0741. The SMILES string of the molecule is COC(=O)c1c(NCc2csc(-c3cccnc3)n2)nnc(-c2ccccc2)c1-c1ccccc1. The summed E-state index contributed by atoms with van der Waals surface area (Å²) in [7, 11) is 1.37. The molecule has 8 heteroatoms. The highest BCUT2D eigenvalue weighted by molar-refractivity contribution is 7.13. The molecule has 1 N–H and O–H groups in total. The summed E-state index contributed by atoms with van der Waals surface area (Å²) in [5, 5.41) is 15.0. The molecule has 0 aliphatic heterocycles. The minimum Gasteiger partial charge on any atom is -0.465 e. The number of hydrogen-bond donors (Lipinski definition) is 1. The number of esters is 1. The Labute approximate surface area is 206 Å². The fourth-order valence-corrected chi connectivity index (χ4v) is 4.54. The van der Waals surface area contributed by atoms with Gasteiger partial charge >= 0.3 is 5.97 Å². The molecule has 0 atom stereocenters. The van der Waals surface area contributed by atoms with Crippen LogP contribution in [-0.4, -0.2) is 33.2 Å². The summed E-state index contributed by atoms with van der Waals surface area (Å²) in [4.78, 5) is 21.9. The van der Waals surface area contributed by atoms with Gasteiger partial charge in [0.1, 0.15) is 16.3 Å². The molecular weight excluding hydrogens is 458 g/mol. The number of carbonyl (C=O) groups is 1. The molecule has 0 aliphatic carbocycles. The molecule has 0 bridgehead atoms. The van der Waals surface area contributed by atoms with Crippen LogP contribution in [0.25, 0.3) is 33.0 Å². The predicted molar refractivity (Wildman–Crippen MR) is 137 cm³/mol. The zero-order valence-electron chi connectivity index (χ0n) is 18.9. The molecule has 35 heavy (non-hydrogen) atoms. The molecular formula is C27H21N5O2S. The van der Waals surface area contributed by atoms with Crippen LogP contribution < -0.4 is 5.32 Å². The van der Waals surface area contributed by atoms with Crippen LogP contribution in [-0.2, 0) is 11.3 Å². The summed E-state index contributed by atoms with van der Waals surface area (Å²) in [5.41, 5.74) is 5.08. The van der Waals surface area contributed by atoms with Gasteiger partial charge in [-0.2, -0.15) is 0 Å². The maximum absolute atomic E-state index is 13.1. The van der Waals surface area contributed by atoms with Crippen molar-refractivity contribution in [2.45, 2.75) is 6.54 Å². The van der Waals surface area contributed by atoms with Crippen LogP contribution in [0.1, 0.15) is 16.1 Å². The molecule has 3 heterocycles. The number of nitrogens with zero attached hydrogens (tertiary/aromatic N) is 4. The number of pyridine rings is 1. The number of carbonyl (C=O) groups excluding carboxylic acids is 1. The molecule has 0 radical (unpaired) electrons. The molecule has 172 valence electrons. The monoisotopic (exact) mass is 479 g/mol. The Balaban J connectivity index is 1.55. The van der Waals surface area contributed by atoms with E-state index < -0.39 is 5.97 Å². The number of hydrogen-bond acceptors (Lipinski definition) is 8. The van der Waals surface area contributed by atoms with Crippen LogP contribution in [0.2, 0.25) is 0 Å². The van der Waals surface area contributed by atoms with Gasteiger partial charge in [0.15, 0.2) is 5.82 Å². The molecule has 7 nitrogen and oxygen atoms in total. The second kappa shape index (κ2) is 10.2. The second-order valence-corrected chi connectivity index (χ2v) is 8.47. The minimum absolute atomic E-state index is 0.329. The molecule has 0 saturated carbocycles. The third-order valence-electron chi connectivity index (χ3n) is 5.37. The van der Waals surface area contributed by atoms with Gasteiger partial charge in [0, 0.05) is 34.5 Å². The summed E-state index contributed by atoms with van der Waals surface area (Å²) >= 11 is 1.53.